The van der Waals surface area contributed by atoms with Crippen molar-refractivity contribution < 1.29 is 4.74 Å². The molecule has 0 fully saturated rings. The van der Waals surface area contributed by atoms with Gasteiger partial charge in [-0.3, -0.25) is 0 Å². The van der Waals surface area contributed by atoms with Crippen molar-refractivity contribution in [3.63, 3.8) is 0 Å². The first-order chi connectivity index (χ1) is 29.9. The molecule has 0 aliphatic carbocycles. The van der Waals surface area contributed by atoms with E-state index in [1.54, 1.807) is 0 Å². The lowest BCUT2D eigenvalue weighted by atomic mass is 9.34. The number of nitrogens with zero attached hydrogens (tertiary/aromatic N) is 3. The molecule has 2 aliphatic rings. The average Bonchev–Trinajstić information content (AvgIpc) is 3.60. The zero-order chi connectivity index (χ0) is 40.8. The minimum absolute atomic E-state index is 0.0193. The molecule has 3 heterocycles. The smallest absolute Gasteiger partial charge is 0.256 e. The predicted octanol–water partition coefficient (Wildman–Crippen LogP) is 13.1. The lowest BCUT2D eigenvalue weighted by molar-refractivity contribution is 0.484. The lowest BCUT2D eigenvalue weighted by Crippen LogP contribution is -2.59. The molecule has 5 heteroatoms. The van der Waals surface area contributed by atoms with Crippen LogP contribution < -0.4 is 30.9 Å². The van der Waals surface area contributed by atoms with E-state index >= 15 is 0 Å². The van der Waals surface area contributed by atoms with E-state index in [-0.39, 0.29) is 12.1 Å². The Bertz CT molecular complexity index is 3280. The van der Waals surface area contributed by atoms with Crippen molar-refractivity contribution in [2.24, 2.45) is 0 Å². The van der Waals surface area contributed by atoms with Gasteiger partial charge in [-0.1, -0.05) is 118 Å². The van der Waals surface area contributed by atoms with Gasteiger partial charge in [0.25, 0.3) is 6.71 Å². The van der Waals surface area contributed by atoms with Crippen LogP contribution in [-0.4, -0.2) is 11.3 Å². The second kappa shape index (κ2) is 13.5. The second-order valence-corrected chi connectivity index (χ2v) is 17.4. The minimum atomic E-state index is -0.0861. The summed E-state index contributed by atoms with van der Waals surface area (Å²) in [6, 6.07) is 72.8. The first-order valence-electron chi connectivity index (χ1n) is 21.2. The van der Waals surface area contributed by atoms with Crippen LogP contribution in [0, 0.1) is 0 Å². The highest BCUT2D eigenvalue weighted by Crippen LogP contribution is 2.45. The van der Waals surface area contributed by atoms with Crippen LogP contribution in [0.3, 0.4) is 0 Å². The summed E-state index contributed by atoms with van der Waals surface area (Å²) in [5, 5.41) is 4.74. The third-order valence-corrected chi connectivity index (χ3v) is 12.7. The maximum absolute atomic E-state index is 7.20. The summed E-state index contributed by atoms with van der Waals surface area (Å²) in [6.45, 7) is 6.84. The summed E-state index contributed by atoms with van der Waals surface area (Å²) in [5.41, 5.74) is 15.1. The maximum Gasteiger partial charge on any atom is 0.256 e. The number of ether oxygens (including phenoxy) is 1. The molecule has 1 aromatic heterocycles. The number of aromatic nitrogens is 1. The van der Waals surface area contributed by atoms with Crippen LogP contribution in [0.4, 0.5) is 34.1 Å². The van der Waals surface area contributed by atoms with Crippen LogP contribution in [0.1, 0.15) is 26.3 Å². The summed E-state index contributed by atoms with van der Waals surface area (Å²) in [5.74, 6) is 1.84. The van der Waals surface area contributed by atoms with Gasteiger partial charge in [-0.05, 0) is 141 Å². The first-order valence-corrected chi connectivity index (χ1v) is 21.2. The molecule has 10 aromatic rings. The van der Waals surface area contributed by atoms with Crippen LogP contribution >= 0.6 is 0 Å². The molecular formula is C56H42BN3O. The molecule has 2 aliphatic heterocycles. The monoisotopic (exact) mass is 783 g/mol. The van der Waals surface area contributed by atoms with E-state index in [0.29, 0.717) is 0 Å². The molecule has 0 saturated heterocycles. The van der Waals surface area contributed by atoms with Gasteiger partial charge in [0, 0.05) is 50.6 Å². The number of fused-ring (bicyclic) bond motifs is 8. The van der Waals surface area contributed by atoms with Crippen LogP contribution in [0.15, 0.2) is 200 Å². The van der Waals surface area contributed by atoms with E-state index in [1.807, 2.05) is 0 Å². The standard InChI is InChI=1S/C56H42BN3O/c1-56(2,3)39-33-52-55-54(34-39)61-53-35-46-45-31-37-28-29-44(58(40-18-8-4-9-19-40)41-20-10-5-11-21-41)30-38(37)32-50(45)60(43-24-14-7-15-25-43)51(46)36-48(53)57(55)47-26-16-17-27-49(47)59(52)42-22-12-6-13-23-42/h4-36H,1-3H3. The Kier molecular flexibility index (Phi) is 7.86. The summed E-state index contributed by atoms with van der Waals surface area (Å²) in [7, 11) is 0. The van der Waals surface area contributed by atoms with Crippen LogP contribution in [0.2, 0.25) is 0 Å². The van der Waals surface area contributed by atoms with Crippen molar-refractivity contribution in [1.29, 1.82) is 0 Å². The van der Waals surface area contributed by atoms with E-state index in [0.717, 1.165) is 51.0 Å². The van der Waals surface area contributed by atoms with Crippen molar-refractivity contribution in [2.75, 3.05) is 9.80 Å². The molecule has 61 heavy (non-hydrogen) atoms. The van der Waals surface area contributed by atoms with Gasteiger partial charge in [0.15, 0.2) is 0 Å². The topological polar surface area (TPSA) is 20.6 Å². The Labute approximate surface area is 356 Å². The molecule has 9 aromatic carbocycles. The van der Waals surface area contributed by atoms with E-state index in [2.05, 4.69) is 235 Å². The van der Waals surface area contributed by atoms with E-state index in [9.17, 15) is 0 Å². The number of hydrogen-bond donors (Lipinski definition) is 0. The van der Waals surface area contributed by atoms with Crippen LogP contribution in [0.25, 0.3) is 38.3 Å². The third-order valence-electron chi connectivity index (χ3n) is 12.7. The van der Waals surface area contributed by atoms with Crippen LogP contribution in [-0.2, 0) is 5.41 Å². The number of hydrogen-bond acceptors (Lipinski definition) is 3. The zero-order valence-electron chi connectivity index (χ0n) is 34.4. The van der Waals surface area contributed by atoms with Crippen molar-refractivity contribution in [3.8, 4) is 17.2 Å². The highest BCUT2D eigenvalue weighted by atomic mass is 16.5. The quantitative estimate of drug-likeness (QED) is 0.162. The van der Waals surface area contributed by atoms with Crippen molar-refractivity contribution in [1.82, 2.24) is 4.57 Å². The molecule has 0 bridgehead atoms. The number of para-hydroxylation sites is 5. The first kappa shape index (κ1) is 35.4. The fourth-order valence-corrected chi connectivity index (χ4v) is 9.82. The summed E-state index contributed by atoms with van der Waals surface area (Å²) in [4.78, 5) is 4.77. The van der Waals surface area contributed by atoms with E-state index in [1.165, 1.54) is 54.9 Å². The summed E-state index contributed by atoms with van der Waals surface area (Å²) < 4.78 is 9.66. The highest BCUT2D eigenvalue weighted by molar-refractivity contribution is 6.99. The third kappa shape index (κ3) is 5.61. The Morgan fingerprint density at radius 2 is 1.07 bits per heavy atom. The molecule has 0 amide bonds. The molecular weight excluding hydrogens is 741 g/mol. The molecule has 0 N–H and O–H groups in total. The number of anilines is 6. The summed E-state index contributed by atoms with van der Waals surface area (Å²) in [6.07, 6.45) is 0. The molecule has 4 nitrogen and oxygen atoms in total. The molecule has 290 valence electrons. The normalized spacial score (nSPS) is 12.9. The molecule has 0 radical (unpaired) electrons. The fourth-order valence-electron chi connectivity index (χ4n) is 9.82. The lowest BCUT2D eigenvalue weighted by Gasteiger charge is -2.41. The number of benzene rings is 9. The molecule has 0 saturated carbocycles. The summed E-state index contributed by atoms with van der Waals surface area (Å²) >= 11 is 0. The Morgan fingerprint density at radius 3 is 1.75 bits per heavy atom. The molecule has 0 atom stereocenters. The van der Waals surface area contributed by atoms with Crippen LogP contribution in [0.5, 0.6) is 11.5 Å². The second-order valence-electron chi connectivity index (χ2n) is 17.4. The maximum atomic E-state index is 7.20. The van der Waals surface area contributed by atoms with Gasteiger partial charge < -0.3 is 19.1 Å². The van der Waals surface area contributed by atoms with Crippen molar-refractivity contribution in [2.45, 2.75) is 26.2 Å². The van der Waals surface area contributed by atoms with Gasteiger partial charge in [-0.25, -0.2) is 0 Å². The van der Waals surface area contributed by atoms with Gasteiger partial charge in [0.2, 0.25) is 0 Å². The van der Waals surface area contributed by atoms with Gasteiger partial charge in [-0.15, -0.1) is 0 Å². The van der Waals surface area contributed by atoms with Crippen molar-refractivity contribution in [3.05, 3.63) is 206 Å². The van der Waals surface area contributed by atoms with Gasteiger partial charge in [0.05, 0.1) is 11.0 Å². The number of rotatable bonds is 5. The molecule has 0 unspecified atom stereocenters. The van der Waals surface area contributed by atoms with E-state index < -0.39 is 0 Å². The van der Waals surface area contributed by atoms with Crippen molar-refractivity contribution >= 4 is 89.8 Å². The Hall–Kier alpha value is -7.50. The average molecular weight is 784 g/mol. The Morgan fingerprint density at radius 1 is 0.459 bits per heavy atom. The minimum Gasteiger partial charge on any atom is -0.458 e. The fraction of sp³-hybridized carbons (Fsp3) is 0.0714. The van der Waals surface area contributed by atoms with E-state index in [4.69, 9.17) is 4.74 Å². The molecule has 12 rings (SSSR count). The van der Waals surface area contributed by atoms with Gasteiger partial charge in [-0.2, -0.15) is 0 Å². The van der Waals surface area contributed by atoms with Gasteiger partial charge in [0.1, 0.15) is 11.5 Å². The van der Waals surface area contributed by atoms with Gasteiger partial charge >= 0.3 is 0 Å². The highest BCUT2D eigenvalue weighted by Gasteiger charge is 2.43. The predicted molar refractivity (Wildman–Crippen MR) is 258 cm³/mol. The largest absolute Gasteiger partial charge is 0.458 e. The Balaban J connectivity index is 1.11. The SMILES string of the molecule is CC(C)(C)c1cc2c3c(c1)N(c1ccccc1)c1ccccc1B3c1cc3c(cc1O2)c1cc2ccc(N(c4ccccc4)c4ccccc4)cc2cc1n3-c1ccccc1. The molecule has 0 spiro atoms. The zero-order valence-corrected chi connectivity index (χ0v) is 34.4.